The highest BCUT2D eigenvalue weighted by atomic mass is 31.2. The number of quaternary nitrogens is 1. The third-order valence-electron chi connectivity index (χ3n) is 10.3. The molecule has 0 spiro atoms. The van der Waals surface area contributed by atoms with Gasteiger partial charge >= 0.3 is 11.9 Å². The number of ether oxygens (including phenoxy) is 2. The van der Waals surface area contributed by atoms with Crippen LogP contribution >= 0.6 is 7.82 Å². The van der Waals surface area contributed by atoms with Crippen molar-refractivity contribution in [2.45, 2.75) is 213 Å². The summed E-state index contributed by atoms with van der Waals surface area (Å²) in [7, 11) is 1.15. The van der Waals surface area contributed by atoms with Gasteiger partial charge in [0, 0.05) is 12.8 Å². The molecule has 60 heavy (non-hydrogen) atoms. The van der Waals surface area contributed by atoms with Crippen LogP contribution in [0.3, 0.4) is 0 Å². The van der Waals surface area contributed by atoms with Crippen LogP contribution in [-0.2, 0) is 32.7 Å². The molecule has 0 aliphatic rings. The first-order valence-electron chi connectivity index (χ1n) is 24.3. The Morgan fingerprint density at radius 1 is 0.517 bits per heavy atom. The number of esters is 2. The lowest BCUT2D eigenvalue weighted by molar-refractivity contribution is -0.870. The number of allylic oxidation sites excluding steroid dienone is 8. The molecular weight excluding hydrogens is 774 g/mol. The molecule has 0 fully saturated rings. The number of phosphoric ester groups is 1. The van der Waals surface area contributed by atoms with E-state index in [9.17, 15) is 19.0 Å². The van der Waals surface area contributed by atoms with Gasteiger partial charge in [0.2, 0.25) is 0 Å². The molecule has 350 valence electrons. The average molecular weight is 866 g/mol. The Bertz CT molecular complexity index is 1160. The molecule has 0 heterocycles. The molecule has 2 unspecified atom stereocenters. The van der Waals surface area contributed by atoms with E-state index in [1.165, 1.54) is 96.3 Å². The van der Waals surface area contributed by atoms with Crippen molar-refractivity contribution in [3.8, 4) is 0 Å². The Morgan fingerprint density at radius 3 is 1.38 bits per heavy atom. The van der Waals surface area contributed by atoms with Gasteiger partial charge in [-0.2, -0.15) is 0 Å². The summed E-state index contributed by atoms with van der Waals surface area (Å²) in [5.74, 6) is -0.852. The Balaban J connectivity index is 4.25. The molecule has 0 saturated heterocycles. The number of phosphoric acid groups is 1. The third-order valence-corrected chi connectivity index (χ3v) is 11.3. The number of hydrogen-bond acceptors (Lipinski definition) is 8. The quantitative estimate of drug-likeness (QED) is 0.0196. The average Bonchev–Trinajstić information content (AvgIpc) is 3.20. The number of carbonyl (C=O) groups is 2. The van der Waals surface area contributed by atoms with Gasteiger partial charge in [-0.3, -0.25) is 14.2 Å². The van der Waals surface area contributed by atoms with Crippen molar-refractivity contribution in [2.24, 2.45) is 0 Å². The van der Waals surface area contributed by atoms with E-state index in [2.05, 4.69) is 62.5 Å². The van der Waals surface area contributed by atoms with E-state index in [1.807, 2.05) is 21.1 Å². The predicted octanol–water partition coefficient (Wildman–Crippen LogP) is 13.6. The van der Waals surface area contributed by atoms with E-state index in [4.69, 9.17) is 18.5 Å². The molecule has 0 radical (unpaired) electrons. The van der Waals surface area contributed by atoms with Crippen LogP contribution in [0.4, 0.5) is 0 Å². The zero-order chi connectivity index (χ0) is 44.3. The molecule has 0 aromatic carbocycles. The molecule has 10 heteroatoms. The van der Waals surface area contributed by atoms with Gasteiger partial charge in [0.15, 0.2) is 6.10 Å². The van der Waals surface area contributed by atoms with Gasteiger partial charge in [0.05, 0.1) is 27.7 Å². The fourth-order valence-electron chi connectivity index (χ4n) is 6.49. The molecule has 0 rings (SSSR count). The van der Waals surface area contributed by atoms with E-state index < -0.39 is 32.5 Å². The topological polar surface area (TPSA) is 111 Å². The second kappa shape index (κ2) is 42.3. The summed E-state index contributed by atoms with van der Waals surface area (Å²) in [6, 6.07) is 0. The van der Waals surface area contributed by atoms with E-state index >= 15 is 0 Å². The van der Waals surface area contributed by atoms with Crippen LogP contribution in [0.5, 0.6) is 0 Å². The van der Waals surface area contributed by atoms with Crippen molar-refractivity contribution >= 4 is 19.8 Å². The Hall–Kier alpha value is -2.03. The lowest BCUT2D eigenvalue weighted by atomic mass is 10.0. The first kappa shape index (κ1) is 58.0. The highest BCUT2D eigenvalue weighted by Gasteiger charge is 2.21. The van der Waals surface area contributed by atoms with Crippen molar-refractivity contribution in [3.05, 3.63) is 48.6 Å². The normalized spacial score (nSPS) is 13.9. The SMILES string of the molecule is CCC/C=C\C/C=C\CCCCCCCC(=O)OCC(COP(=O)([O-])OCC[N+](C)(C)C)OC(=O)CCCCCCCCCCCCC/C=C\C/C=C\CCCCCCC. The summed E-state index contributed by atoms with van der Waals surface area (Å²) in [6.07, 6.45) is 50.0. The standard InChI is InChI=1S/C50H92NO8P/c1-6-8-10-12-14-16-18-20-21-22-23-24-25-26-27-28-29-31-33-35-37-39-41-43-50(53)59-48(47-58-60(54,55)57-45-44-51(3,4)5)46-56-49(52)42-40-38-36-34-32-30-19-17-15-13-11-9-7-2/h11,13,17-20,22-23,48H,6-10,12,14-16,21,24-47H2,1-5H3/b13-11-,19-17-,20-18-,23-22-. The highest BCUT2D eigenvalue weighted by molar-refractivity contribution is 7.45. The van der Waals surface area contributed by atoms with Gasteiger partial charge in [-0.15, -0.1) is 0 Å². The zero-order valence-electron chi connectivity index (χ0n) is 39.4. The van der Waals surface area contributed by atoms with Gasteiger partial charge in [0.25, 0.3) is 7.82 Å². The van der Waals surface area contributed by atoms with Gasteiger partial charge in [-0.25, -0.2) is 0 Å². The van der Waals surface area contributed by atoms with E-state index in [0.717, 1.165) is 70.6 Å². The van der Waals surface area contributed by atoms with Gasteiger partial charge in [-0.05, 0) is 70.6 Å². The van der Waals surface area contributed by atoms with Gasteiger partial charge in [-0.1, -0.05) is 172 Å². The van der Waals surface area contributed by atoms with Crippen LogP contribution in [-0.4, -0.2) is 70.0 Å². The van der Waals surface area contributed by atoms with Crippen LogP contribution in [0, 0.1) is 0 Å². The van der Waals surface area contributed by atoms with Crippen LogP contribution in [0.25, 0.3) is 0 Å². The summed E-state index contributed by atoms with van der Waals surface area (Å²) >= 11 is 0. The van der Waals surface area contributed by atoms with E-state index in [-0.39, 0.29) is 26.1 Å². The van der Waals surface area contributed by atoms with E-state index in [0.29, 0.717) is 23.9 Å². The number of rotatable bonds is 44. The van der Waals surface area contributed by atoms with E-state index in [1.54, 1.807) is 0 Å². The molecular formula is C50H92NO8P. The Morgan fingerprint density at radius 2 is 0.933 bits per heavy atom. The molecule has 9 nitrogen and oxygen atoms in total. The fraction of sp³-hybridized carbons (Fsp3) is 0.800. The maximum atomic E-state index is 12.7. The fourth-order valence-corrected chi connectivity index (χ4v) is 7.22. The summed E-state index contributed by atoms with van der Waals surface area (Å²) in [5.41, 5.74) is 0. The largest absolute Gasteiger partial charge is 0.756 e. The Labute approximate surface area is 369 Å². The lowest BCUT2D eigenvalue weighted by Crippen LogP contribution is -2.37. The monoisotopic (exact) mass is 866 g/mol. The molecule has 0 N–H and O–H groups in total. The second-order valence-corrected chi connectivity index (χ2v) is 18.9. The summed E-state index contributed by atoms with van der Waals surface area (Å²) in [4.78, 5) is 37.6. The molecule has 0 aromatic heterocycles. The lowest BCUT2D eigenvalue weighted by Gasteiger charge is -2.28. The molecule has 0 aromatic rings. The minimum atomic E-state index is -4.63. The first-order valence-corrected chi connectivity index (χ1v) is 25.8. The molecule has 0 bridgehead atoms. The molecule has 0 aliphatic carbocycles. The number of nitrogens with zero attached hydrogens (tertiary/aromatic N) is 1. The van der Waals surface area contributed by atoms with Crippen LogP contribution in [0.2, 0.25) is 0 Å². The van der Waals surface area contributed by atoms with Gasteiger partial charge < -0.3 is 27.9 Å². The van der Waals surface area contributed by atoms with Gasteiger partial charge in [0.1, 0.15) is 19.8 Å². The molecule has 0 saturated carbocycles. The summed E-state index contributed by atoms with van der Waals surface area (Å²) in [5, 5.41) is 0. The van der Waals surface area contributed by atoms with Crippen LogP contribution in [0.1, 0.15) is 206 Å². The number of carbonyl (C=O) groups excluding carboxylic acids is 2. The smallest absolute Gasteiger partial charge is 0.306 e. The van der Waals surface area contributed by atoms with Crippen LogP contribution in [0.15, 0.2) is 48.6 Å². The molecule has 0 aliphatic heterocycles. The minimum absolute atomic E-state index is 0.0346. The van der Waals surface area contributed by atoms with Crippen molar-refractivity contribution in [2.75, 3.05) is 47.5 Å². The third kappa shape index (κ3) is 45.5. The maximum absolute atomic E-state index is 12.7. The second-order valence-electron chi connectivity index (χ2n) is 17.5. The number of unbranched alkanes of at least 4 members (excludes halogenated alkanes) is 22. The maximum Gasteiger partial charge on any atom is 0.306 e. The van der Waals surface area contributed by atoms with Crippen molar-refractivity contribution < 1.29 is 42.1 Å². The number of hydrogen-bond donors (Lipinski definition) is 0. The predicted molar refractivity (Wildman–Crippen MR) is 250 cm³/mol. The van der Waals surface area contributed by atoms with Crippen molar-refractivity contribution in [3.63, 3.8) is 0 Å². The number of likely N-dealkylation sites (N-methyl/N-ethyl adjacent to an activating group) is 1. The van der Waals surface area contributed by atoms with Crippen LogP contribution < -0.4 is 4.89 Å². The molecule has 2 atom stereocenters. The van der Waals surface area contributed by atoms with Crippen molar-refractivity contribution in [1.82, 2.24) is 0 Å². The summed E-state index contributed by atoms with van der Waals surface area (Å²) < 4.78 is 34.0. The summed E-state index contributed by atoms with van der Waals surface area (Å²) in [6.45, 7) is 4.14. The zero-order valence-corrected chi connectivity index (χ0v) is 40.3. The Kier molecular flexibility index (Phi) is 40.8. The minimum Gasteiger partial charge on any atom is -0.756 e. The highest BCUT2D eigenvalue weighted by Crippen LogP contribution is 2.38. The first-order chi connectivity index (χ1) is 29.0. The van der Waals surface area contributed by atoms with Crippen molar-refractivity contribution in [1.29, 1.82) is 0 Å². The molecule has 0 amide bonds.